The fraction of sp³-hybridized carbons (Fsp3) is 0.500. The van der Waals surface area contributed by atoms with Crippen molar-refractivity contribution < 1.29 is 9.59 Å². The van der Waals surface area contributed by atoms with Gasteiger partial charge in [0.15, 0.2) is 5.78 Å². The highest BCUT2D eigenvalue weighted by Crippen LogP contribution is 2.22. The molecule has 1 heterocycles. The molecule has 1 aromatic carbocycles. The molecule has 0 unspecified atom stereocenters. The summed E-state index contributed by atoms with van der Waals surface area (Å²) in [5.41, 5.74) is 0.619. The van der Waals surface area contributed by atoms with Crippen molar-refractivity contribution in [3.8, 4) is 0 Å². The monoisotopic (exact) mass is 308 g/mol. The van der Waals surface area contributed by atoms with Crippen molar-refractivity contribution in [1.29, 1.82) is 0 Å². The average molecular weight is 308 g/mol. The number of carbonyl (C=O) groups is 2. The molecule has 1 saturated heterocycles. The molecule has 1 aliphatic heterocycles. The van der Waals surface area contributed by atoms with Crippen LogP contribution >= 0.6 is 11.9 Å². The maximum atomic E-state index is 12.4. The van der Waals surface area contributed by atoms with Gasteiger partial charge < -0.3 is 4.90 Å². The summed E-state index contributed by atoms with van der Waals surface area (Å²) in [4.78, 5) is 26.9. The molecule has 1 fully saturated rings. The van der Waals surface area contributed by atoms with Crippen LogP contribution in [0.2, 0.25) is 0 Å². The Bertz CT molecular complexity index is 474. The van der Waals surface area contributed by atoms with Gasteiger partial charge in [0, 0.05) is 23.4 Å². The molecule has 0 bridgehead atoms. The number of hydrogen-bond donors (Lipinski definition) is 1. The standard InChI is InChI=1S/C14H18N2O2S.C2H6/c1-2-13(17)12-4-3-9-16(12)14(18)10-5-7-11(19-15)8-6-10;1-2/h5-8,12H,2-4,9,15H2,1H3;1-2H3/t12-;/m0./s1. The van der Waals surface area contributed by atoms with E-state index in [0.29, 0.717) is 18.5 Å². The maximum absolute atomic E-state index is 12.4. The fourth-order valence-electron chi connectivity index (χ4n) is 2.42. The van der Waals surface area contributed by atoms with Crippen LogP contribution in [0.5, 0.6) is 0 Å². The molecular weight excluding hydrogens is 284 g/mol. The second-order valence-electron chi connectivity index (χ2n) is 4.62. The van der Waals surface area contributed by atoms with Crippen LogP contribution in [0.3, 0.4) is 0 Å². The van der Waals surface area contributed by atoms with Gasteiger partial charge in [-0.2, -0.15) is 0 Å². The van der Waals surface area contributed by atoms with Crippen LogP contribution in [-0.2, 0) is 4.79 Å². The SMILES string of the molecule is CC.CCC(=O)[C@@H]1CCCN1C(=O)c1ccc(SN)cc1. The Balaban J connectivity index is 0.00000106. The second kappa shape index (κ2) is 8.85. The molecular formula is C16H24N2O2S. The van der Waals surface area contributed by atoms with Gasteiger partial charge in [0.25, 0.3) is 5.91 Å². The number of amides is 1. The third-order valence-corrected chi connectivity index (χ3v) is 4.02. The maximum Gasteiger partial charge on any atom is 0.254 e. The minimum absolute atomic E-state index is 0.0575. The Morgan fingerprint density at radius 2 is 1.90 bits per heavy atom. The largest absolute Gasteiger partial charge is 0.329 e. The molecule has 0 saturated carbocycles. The Labute approximate surface area is 131 Å². The van der Waals surface area contributed by atoms with Gasteiger partial charge >= 0.3 is 0 Å². The van der Waals surface area contributed by atoms with Gasteiger partial charge in [-0.05, 0) is 49.1 Å². The summed E-state index contributed by atoms with van der Waals surface area (Å²) in [7, 11) is 0. The van der Waals surface area contributed by atoms with E-state index >= 15 is 0 Å². The first-order valence-electron chi connectivity index (χ1n) is 7.48. The summed E-state index contributed by atoms with van der Waals surface area (Å²) in [5, 5.41) is 5.45. The molecule has 1 atom stereocenters. The third-order valence-electron chi connectivity index (χ3n) is 3.47. The first-order valence-corrected chi connectivity index (χ1v) is 8.35. The van der Waals surface area contributed by atoms with E-state index in [1.807, 2.05) is 32.9 Å². The quantitative estimate of drug-likeness (QED) is 0.867. The van der Waals surface area contributed by atoms with Gasteiger partial charge in [0.2, 0.25) is 0 Å². The van der Waals surface area contributed by atoms with Crippen LogP contribution in [0, 0.1) is 0 Å². The van der Waals surface area contributed by atoms with Gasteiger partial charge in [0.1, 0.15) is 0 Å². The molecule has 1 aromatic rings. The van der Waals surface area contributed by atoms with Crippen molar-refractivity contribution in [1.82, 2.24) is 4.90 Å². The summed E-state index contributed by atoms with van der Waals surface area (Å²) in [5.74, 6) is 0.0952. The van der Waals surface area contributed by atoms with Crippen LogP contribution in [0.4, 0.5) is 0 Å². The molecule has 0 spiro atoms. The van der Waals surface area contributed by atoms with Crippen LogP contribution in [-0.4, -0.2) is 29.2 Å². The summed E-state index contributed by atoms with van der Waals surface area (Å²) in [6.45, 7) is 6.51. The van der Waals surface area contributed by atoms with E-state index < -0.39 is 0 Å². The Morgan fingerprint density at radius 3 is 2.43 bits per heavy atom. The lowest BCUT2D eigenvalue weighted by molar-refractivity contribution is -0.122. The highest BCUT2D eigenvalue weighted by Gasteiger charge is 2.33. The number of rotatable bonds is 4. The van der Waals surface area contributed by atoms with Crippen LogP contribution < -0.4 is 5.14 Å². The van der Waals surface area contributed by atoms with Crippen molar-refractivity contribution in [2.24, 2.45) is 5.14 Å². The number of carbonyl (C=O) groups excluding carboxylic acids is 2. The van der Waals surface area contributed by atoms with E-state index in [1.54, 1.807) is 17.0 Å². The van der Waals surface area contributed by atoms with Crippen molar-refractivity contribution in [3.05, 3.63) is 29.8 Å². The van der Waals surface area contributed by atoms with Gasteiger partial charge in [-0.15, -0.1) is 0 Å². The lowest BCUT2D eigenvalue weighted by atomic mass is 10.1. The summed E-state index contributed by atoms with van der Waals surface area (Å²) < 4.78 is 0. The van der Waals surface area contributed by atoms with Crippen molar-refractivity contribution in [2.45, 2.75) is 51.0 Å². The molecule has 5 heteroatoms. The van der Waals surface area contributed by atoms with Gasteiger partial charge in [-0.1, -0.05) is 20.8 Å². The molecule has 0 radical (unpaired) electrons. The summed E-state index contributed by atoms with van der Waals surface area (Å²) in [6, 6.07) is 6.95. The molecule has 0 aromatic heterocycles. The van der Waals surface area contributed by atoms with Crippen molar-refractivity contribution in [3.63, 3.8) is 0 Å². The highest BCUT2D eigenvalue weighted by atomic mass is 32.2. The number of ketones is 1. The smallest absolute Gasteiger partial charge is 0.254 e. The first-order chi connectivity index (χ1) is 10.2. The Morgan fingerprint density at radius 1 is 1.29 bits per heavy atom. The van der Waals surface area contributed by atoms with E-state index in [0.717, 1.165) is 29.7 Å². The van der Waals surface area contributed by atoms with E-state index in [-0.39, 0.29) is 17.7 Å². The minimum atomic E-state index is -0.235. The van der Waals surface area contributed by atoms with Crippen LogP contribution in [0.1, 0.15) is 50.4 Å². The summed E-state index contributed by atoms with van der Waals surface area (Å²) >= 11 is 1.15. The Kier molecular flexibility index (Phi) is 7.47. The lowest BCUT2D eigenvalue weighted by Crippen LogP contribution is -2.40. The predicted octanol–water partition coefficient (Wildman–Crippen LogP) is 3.26. The lowest BCUT2D eigenvalue weighted by Gasteiger charge is -2.23. The topological polar surface area (TPSA) is 63.4 Å². The van der Waals surface area contributed by atoms with Crippen molar-refractivity contribution >= 4 is 23.6 Å². The van der Waals surface area contributed by atoms with E-state index in [9.17, 15) is 9.59 Å². The molecule has 4 nitrogen and oxygen atoms in total. The zero-order chi connectivity index (χ0) is 15.8. The zero-order valence-corrected chi connectivity index (χ0v) is 13.8. The number of hydrogen-bond acceptors (Lipinski definition) is 4. The first kappa shape index (κ1) is 17.7. The number of benzene rings is 1. The second-order valence-corrected chi connectivity index (χ2v) is 5.33. The van der Waals surface area contributed by atoms with E-state index in [2.05, 4.69) is 0 Å². The highest BCUT2D eigenvalue weighted by molar-refractivity contribution is 7.97. The molecule has 2 rings (SSSR count). The van der Waals surface area contributed by atoms with Crippen molar-refractivity contribution in [2.75, 3.05) is 6.54 Å². The number of Topliss-reactive ketones (excluding diaryl/α,β-unsaturated/α-hetero) is 1. The number of nitrogens with two attached hydrogens (primary N) is 1. The third kappa shape index (κ3) is 4.32. The Hall–Kier alpha value is -1.33. The number of nitrogens with zero attached hydrogens (tertiary/aromatic N) is 1. The summed E-state index contributed by atoms with van der Waals surface area (Å²) in [6.07, 6.45) is 2.17. The van der Waals surface area contributed by atoms with Crippen LogP contribution in [0.15, 0.2) is 29.2 Å². The van der Waals surface area contributed by atoms with Gasteiger partial charge in [-0.25, -0.2) is 0 Å². The van der Waals surface area contributed by atoms with E-state index in [4.69, 9.17) is 5.14 Å². The van der Waals surface area contributed by atoms with Crippen LogP contribution in [0.25, 0.3) is 0 Å². The normalized spacial score (nSPS) is 17.1. The zero-order valence-electron chi connectivity index (χ0n) is 13.0. The molecule has 116 valence electrons. The molecule has 1 amide bonds. The fourth-order valence-corrected chi connectivity index (χ4v) is 2.72. The molecule has 21 heavy (non-hydrogen) atoms. The predicted molar refractivity (Wildman–Crippen MR) is 87.2 cm³/mol. The molecule has 1 aliphatic rings. The van der Waals surface area contributed by atoms with E-state index in [1.165, 1.54) is 0 Å². The van der Waals surface area contributed by atoms with Gasteiger partial charge in [0.05, 0.1) is 6.04 Å². The molecule has 0 aliphatic carbocycles. The van der Waals surface area contributed by atoms with Gasteiger partial charge in [-0.3, -0.25) is 14.7 Å². The molecule has 2 N–H and O–H groups in total. The average Bonchev–Trinajstić information content (AvgIpc) is 3.05. The number of likely N-dealkylation sites (tertiary alicyclic amines) is 1. The minimum Gasteiger partial charge on any atom is -0.329 e.